The van der Waals surface area contributed by atoms with Crippen molar-refractivity contribution in [2.24, 2.45) is 62.1 Å². The van der Waals surface area contributed by atoms with Gasteiger partial charge in [-0.05, 0) is 115 Å². The van der Waals surface area contributed by atoms with Gasteiger partial charge in [-0.3, -0.25) is 9.59 Å². The van der Waals surface area contributed by atoms with Gasteiger partial charge in [0.15, 0.2) is 6.29 Å². The summed E-state index contributed by atoms with van der Waals surface area (Å²) in [5.74, 6) is -1.05. The van der Waals surface area contributed by atoms with E-state index in [0.29, 0.717) is 45.1 Å². The van der Waals surface area contributed by atoms with Crippen molar-refractivity contribution in [2.45, 2.75) is 142 Å². The number of carboxylic acid groups (broad SMARTS) is 1. The molecule has 12 nitrogen and oxygen atoms in total. The Morgan fingerprint density at radius 1 is 0.932 bits per heavy atom. The zero-order valence-electron chi connectivity index (χ0n) is 35.6. The van der Waals surface area contributed by atoms with Crippen molar-refractivity contribution in [3.05, 3.63) is 47.5 Å². The minimum atomic E-state index is -1.53. The van der Waals surface area contributed by atoms with Crippen LogP contribution in [0.3, 0.4) is 0 Å². The highest BCUT2D eigenvalue weighted by Gasteiger charge is 2.73. The van der Waals surface area contributed by atoms with Crippen molar-refractivity contribution in [2.75, 3.05) is 26.4 Å². The summed E-state index contributed by atoms with van der Waals surface area (Å²) in [4.78, 5) is 26.1. The van der Waals surface area contributed by atoms with Crippen LogP contribution in [0.4, 0.5) is 0 Å². The first-order valence-electron chi connectivity index (χ1n) is 22.3. The topological polar surface area (TPSA) is 195 Å². The maximum atomic E-state index is 13.3. The van der Waals surface area contributed by atoms with E-state index in [1.165, 1.54) is 5.57 Å². The van der Waals surface area contributed by atoms with Gasteiger partial charge in [-0.25, -0.2) is 0 Å². The number of allylic oxidation sites excluding steroid dienone is 2. The molecule has 0 spiro atoms. The highest BCUT2D eigenvalue weighted by Crippen LogP contribution is 2.77. The molecule has 0 unspecified atom stereocenters. The molecule has 7 N–H and O–H groups in total. The summed E-state index contributed by atoms with van der Waals surface area (Å²) in [6.07, 6.45) is 1.97. The molecule has 2 saturated heterocycles. The molecule has 59 heavy (non-hydrogen) atoms. The van der Waals surface area contributed by atoms with Gasteiger partial charge in [0.2, 0.25) is 5.91 Å². The molecule has 0 radical (unpaired) electrons. The Bertz CT molecular complexity index is 1780. The van der Waals surface area contributed by atoms with Crippen LogP contribution >= 0.6 is 0 Å². The molecule has 328 valence electrons. The van der Waals surface area contributed by atoms with E-state index in [1.54, 1.807) is 0 Å². The molecule has 5 aliphatic carbocycles. The van der Waals surface area contributed by atoms with Crippen LogP contribution in [-0.2, 0) is 30.4 Å². The second kappa shape index (κ2) is 15.4. The molecule has 1 amide bonds. The summed E-state index contributed by atoms with van der Waals surface area (Å²) in [5, 5.41) is 68.7. The van der Waals surface area contributed by atoms with Gasteiger partial charge in [-0.2, -0.15) is 0 Å². The smallest absolute Gasteiger partial charge is 0.310 e. The lowest BCUT2D eigenvalue weighted by Gasteiger charge is -2.73. The third kappa shape index (κ3) is 6.59. The quantitative estimate of drug-likeness (QED) is 0.129. The van der Waals surface area contributed by atoms with Gasteiger partial charge < -0.3 is 50.2 Å². The zero-order chi connectivity index (χ0) is 42.3. The summed E-state index contributed by atoms with van der Waals surface area (Å²) in [6.45, 7) is 11.7. The Labute approximate surface area is 349 Å². The van der Waals surface area contributed by atoms with Gasteiger partial charge in [0.1, 0.15) is 18.3 Å². The van der Waals surface area contributed by atoms with Crippen LogP contribution in [0, 0.1) is 62.1 Å². The molecule has 0 bridgehead atoms. The Morgan fingerprint density at radius 2 is 1.66 bits per heavy atom. The Hall–Kier alpha value is -2.42. The van der Waals surface area contributed by atoms with Gasteiger partial charge in [-0.15, -0.1) is 0 Å². The van der Waals surface area contributed by atoms with Gasteiger partial charge >= 0.3 is 5.97 Å². The van der Waals surface area contributed by atoms with E-state index in [2.05, 4.69) is 46.0 Å². The largest absolute Gasteiger partial charge is 0.481 e. The number of carbonyl (C=O) groups is 2. The van der Waals surface area contributed by atoms with Crippen LogP contribution < -0.4 is 5.32 Å². The van der Waals surface area contributed by atoms with Crippen LogP contribution in [0.15, 0.2) is 42.0 Å². The predicted octanol–water partition coefficient (Wildman–Crippen LogP) is 4.59. The van der Waals surface area contributed by atoms with Crippen LogP contribution in [0.5, 0.6) is 0 Å². The molecular formula is C47H69NO11. The monoisotopic (exact) mass is 823 g/mol. The van der Waals surface area contributed by atoms with E-state index in [0.717, 1.165) is 31.2 Å². The van der Waals surface area contributed by atoms with Crippen LogP contribution in [0.25, 0.3) is 0 Å². The van der Waals surface area contributed by atoms with Crippen molar-refractivity contribution in [3.63, 3.8) is 0 Å². The standard InChI is InChI=1S/C47H69NO11/c1-42(25-49)15-17-47(41(55)56)18-16-44(3)29(31(47)21-42)11-12-34-45(44,4)14-13-33-43(2,26-50)39(59-40-37(54)36(53)32(51)24-58-40)38(57-23-27-9-7-6-8-10-27)30(46(33,34)5)19-28-20-35(52)48-22-28/h6-11,28,30-34,36-40,49-51,53-54H,12-26H2,1-5H3,(H,48,52)(H,55,56)/t28-,30+,31-,32+,33+,34-,36-,37+,38+,39+,40-,42-,43-,44+,45+,46-,47-/m0/s1. The lowest BCUT2D eigenvalue weighted by Crippen LogP contribution is -2.72. The molecular weight excluding hydrogens is 755 g/mol. The minimum absolute atomic E-state index is 0.0197. The lowest BCUT2D eigenvalue weighted by atomic mass is 9.31. The number of carbonyl (C=O) groups excluding carboxylic acids is 1. The van der Waals surface area contributed by atoms with Crippen molar-refractivity contribution in [1.29, 1.82) is 0 Å². The number of ether oxygens (including phenoxy) is 3. The van der Waals surface area contributed by atoms with Gasteiger partial charge in [-0.1, -0.05) is 76.6 Å². The number of fused-ring (bicyclic) bond motifs is 7. The number of aliphatic hydroxyl groups is 5. The first-order chi connectivity index (χ1) is 27.9. The molecule has 0 aromatic heterocycles. The molecule has 2 aliphatic heterocycles. The van der Waals surface area contributed by atoms with E-state index < -0.39 is 59.0 Å². The molecule has 6 fully saturated rings. The lowest BCUT2D eigenvalue weighted by molar-refractivity contribution is -0.345. The summed E-state index contributed by atoms with van der Waals surface area (Å²) in [7, 11) is 0. The Kier molecular flexibility index (Phi) is 11.3. The molecule has 7 aliphatic rings. The SMILES string of the molecule is C[C@]1(CO)CC[C@]2(C(=O)O)CC[C@]3(C)C(=CC[C@@H]4[C@@]5(C)[C@H](C[C@@H]6CNC(=O)C6)[C@@H](OCc6ccccc6)[C@@H](O[C@@H]6OC[C@@H](O)[C@H](O)[C@H]6O)[C@@](C)(CO)[C@H]5CC[C@]43C)[C@@H]2C1. The third-order valence-electron chi connectivity index (χ3n) is 18.4. The van der Waals surface area contributed by atoms with E-state index in [9.17, 15) is 40.2 Å². The molecule has 12 heteroatoms. The van der Waals surface area contributed by atoms with E-state index in [-0.39, 0.29) is 78.2 Å². The second-order valence-corrected chi connectivity index (χ2v) is 21.3. The van der Waals surface area contributed by atoms with Crippen LogP contribution in [-0.4, -0.2) is 106 Å². The van der Waals surface area contributed by atoms with Crippen molar-refractivity contribution < 1.29 is 54.4 Å². The van der Waals surface area contributed by atoms with Gasteiger partial charge in [0, 0.05) is 25.0 Å². The molecule has 2 heterocycles. The number of hydrogen-bond donors (Lipinski definition) is 7. The fourth-order valence-electron chi connectivity index (χ4n) is 14.7. The maximum absolute atomic E-state index is 13.3. The summed E-state index contributed by atoms with van der Waals surface area (Å²) < 4.78 is 19.9. The zero-order valence-corrected chi connectivity index (χ0v) is 35.6. The second-order valence-electron chi connectivity index (χ2n) is 21.3. The van der Waals surface area contributed by atoms with E-state index in [1.807, 2.05) is 30.3 Å². The predicted molar refractivity (Wildman–Crippen MR) is 217 cm³/mol. The van der Waals surface area contributed by atoms with E-state index in [4.69, 9.17) is 14.2 Å². The maximum Gasteiger partial charge on any atom is 0.310 e. The van der Waals surface area contributed by atoms with Crippen LogP contribution in [0.2, 0.25) is 0 Å². The van der Waals surface area contributed by atoms with E-state index >= 15 is 0 Å². The Morgan fingerprint density at radius 3 is 2.32 bits per heavy atom. The fraction of sp³-hybridized carbons (Fsp3) is 0.787. The number of hydrogen-bond acceptors (Lipinski definition) is 10. The molecule has 8 rings (SSSR count). The van der Waals surface area contributed by atoms with Crippen molar-refractivity contribution >= 4 is 11.9 Å². The summed E-state index contributed by atoms with van der Waals surface area (Å²) in [6, 6.07) is 9.90. The normalized spacial score (nSPS) is 49.4. The number of aliphatic carboxylic acids is 1. The number of amides is 1. The molecule has 17 atom stereocenters. The summed E-state index contributed by atoms with van der Waals surface area (Å²) >= 11 is 0. The molecule has 4 saturated carbocycles. The van der Waals surface area contributed by atoms with Crippen LogP contribution in [0.1, 0.15) is 104 Å². The first kappa shape index (κ1) is 43.2. The van der Waals surface area contributed by atoms with Crippen molar-refractivity contribution in [3.8, 4) is 0 Å². The molecule has 1 aromatic rings. The first-order valence-corrected chi connectivity index (χ1v) is 22.3. The Balaban J connectivity index is 1.26. The van der Waals surface area contributed by atoms with Crippen molar-refractivity contribution in [1.82, 2.24) is 5.32 Å². The highest BCUT2D eigenvalue weighted by atomic mass is 16.7. The number of carboxylic acids is 1. The third-order valence-corrected chi connectivity index (χ3v) is 18.4. The number of nitrogens with one attached hydrogen (secondary N) is 1. The number of aliphatic hydroxyl groups excluding tert-OH is 5. The van der Waals surface area contributed by atoms with Gasteiger partial charge in [0.05, 0.1) is 37.4 Å². The average Bonchev–Trinajstić information content (AvgIpc) is 3.64. The van der Waals surface area contributed by atoms with Gasteiger partial charge in [0.25, 0.3) is 0 Å². The summed E-state index contributed by atoms with van der Waals surface area (Å²) in [5.41, 5.74) is -0.971. The average molecular weight is 824 g/mol. The fourth-order valence-corrected chi connectivity index (χ4v) is 14.7. The number of rotatable bonds is 10. The number of benzene rings is 1. The highest BCUT2D eigenvalue weighted by molar-refractivity contribution is 5.78. The minimum Gasteiger partial charge on any atom is -0.481 e. The molecule has 1 aromatic carbocycles.